The minimum absolute atomic E-state index is 0.0301. The van der Waals surface area contributed by atoms with Gasteiger partial charge in [-0.1, -0.05) is 6.07 Å². The van der Waals surface area contributed by atoms with E-state index in [1.54, 1.807) is 13.0 Å². The van der Waals surface area contributed by atoms with Crippen molar-refractivity contribution in [2.45, 2.75) is 6.92 Å². The number of hydrogen-bond acceptors (Lipinski definition) is 4. The zero-order chi connectivity index (χ0) is 10.7. The number of benzene rings is 1. The fourth-order valence-corrected chi connectivity index (χ4v) is 1.07. The number of carbonyl (C=O) groups is 1. The first-order valence-electron chi connectivity index (χ1n) is 3.82. The van der Waals surface area contributed by atoms with Crippen LogP contribution in [0.15, 0.2) is 18.2 Å². The summed E-state index contributed by atoms with van der Waals surface area (Å²) in [7, 11) is 0. The van der Waals surface area contributed by atoms with E-state index in [0.29, 0.717) is 0 Å². The van der Waals surface area contributed by atoms with E-state index in [4.69, 9.17) is 5.84 Å². The molecule has 0 aromatic heterocycles. The largest absolute Gasteiger partial charge is 0.290 e. The van der Waals surface area contributed by atoms with E-state index in [-0.39, 0.29) is 11.3 Å². The van der Waals surface area contributed by atoms with Crippen molar-refractivity contribution in [2.75, 3.05) is 0 Å². The lowest BCUT2D eigenvalue weighted by Crippen LogP contribution is -2.30. The molecule has 6 heteroatoms. The normalized spacial score (nSPS) is 9.57. The van der Waals surface area contributed by atoms with Crippen LogP contribution in [0.25, 0.3) is 0 Å². The van der Waals surface area contributed by atoms with Gasteiger partial charge in [-0.15, -0.1) is 0 Å². The molecule has 1 amide bonds. The summed E-state index contributed by atoms with van der Waals surface area (Å²) in [5, 5.41) is 10.5. The molecule has 1 aromatic carbocycles. The topological polar surface area (TPSA) is 98.3 Å². The number of nitro groups is 1. The van der Waals surface area contributed by atoms with E-state index in [1.807, 2.05) is 5.43 Å². The third kappa shape index (κ3) is 1.86. The molecular weight excluding hydrogens is 186 g/mol. The molecule has 0 unspecified atom stereocenters. The number of nitrogens with one attached hydrogen (secondary N) is 1. The van der Waals surface area contributed by atoms with Crippen LogP contribution in [0.5, 0.6) is 0 Å². The molecule has 1 rings (SSSR count). The van der Waals surface area contributed by atoms with Gasteiger partial charge in [0.15, 0.2) is 0 Å². The van der Waals surface area contributed by atoms with Crippen molar-refractivity contribution in [3.8, 4) is 0 Å². The van der Waals surface area contributed by atoms with Gasteiger partial charge in [-0.2, -0.15) is 0 Å². The second kappa shape index (κ2) is 3.84. The molecule has 1 aromatic rings. The summed E-state index contributed by atoms with van der Waals surface area (Å²) in [5.74, 6) is 4.23. The first-order valence-corrected chi connectivity index (χ1v) is 3.82. The van der Waals surface area contributed by atoms with Gasteiger partial charge in [-0.05, 0) is 18.6 Å². The van der Waals surface area contributed by atoms with E-state index < -0.39 is 10.8 Å². The zero-order valence-corrected chi connectivity index (χ0v) is 7.48. The lowest BCUT2D eigenvalue weighted by atomic mass is 10.1. The highest BCUT2D eigenvalue weighted by atomic mass is 16.6. The van der Waals surface area contributed by atoms with Crippen LogP contribution in [-0.4, -0.2) is 10.8 Å². The third-order valence-electron chi connectivity index (χ3n) is 1.72. The van der Waals surface area contributed by atoms with Gasteiger partial charge in [-0.3, -0.25) is 20.3 Å². The zero-order valence-electron chi connectivity index (χ0n) is 7.48. The van der Waals surface area contributed by atoms with Crippen molar-refractivity contribution < 1.29 is 9.72 Å². The Morgan fingerprint density at radius 1 is 1.57 bits per heavy atom. The number of nitrogens with two attached hydrogens (primary N) is 1. The van der Waals surface area contributed by atoms with Crippen molar-refractivity contribution in [3.63, 3.8) is 0 Å². The molecule has 0 saturated carbocycles. The van der Waals surface area contributed by atoms with Crippen molar-refractivity contribution in [3.05, 3.63) is 39.4 Å². The van der Waals surface area contributed by atoms with Crippen LogP contribution in [0.3, 0.4) is 0 Å². The maximum absolute atomic E-state index is 11.2. The Kier molecular flexibility index (Phi) is 2.78. The molecule has 14 heavy (non-hydrogen) atoms. The maximum atomic E-state index is 11.2. The molecule has 0 bridgehead atoms. The molecule has 0 fully saturated rings. The quantitative estimate of drug-likeness (QED) is 0.311. The van der Waals surface area contributed by atoms with Crippen LogP contribution < -0.4 is 11.3 Å². The second-order valence-electron chi connectivity index (χ2n) is 2.75. The van der Waals surface area contributed by atoms with Crippen LogP contribution in [-0.2, 0) is 0 Å². The summed E-state index contributed by atoms with van der Waals surface area (Å²) in [5.41, 5.74) is 2.34. The number of amides is 1. The number of nitrogen functional groups attached to an aromatic ring is 1. The Morgan fingerprint density at radius 3 is 2.71 bits per heavy atom. The number of nitrogens with zero attached hydrogens (tertiary/aromatic N) is 1. The highest BCUT2D eigenvalue weighted by molar-refractivity contribution is 5.97. The van der Waals surface area contributed by atoms with E-state index in [0.717, 1.165) is 5.56 Å². The Balaban J connectivity index is 3.29. The van der Waals surface area contributed by atoms with Gasteiger partial charge in [0, 0.05) is 6.07 Å². The smallest absolute Gasteiger partial charge is 0.282 e. The molecule has 0 spiro atoms. The van der Waals surface area contributed by atoms with Crippen molar-refractivity contribution in [1.29, 1.82) is 0 Å². The van der Waals surface area contributed by atoms with Gasteiger partial charge in [-0.25, -0.2) is 5.84 Å². The number of hydrogen-bond donors (Lipinski definition) is 2. The predicted molar refractivity (Wildman–Crippen MR) is 49.5 cm³/mol. The van der Waals surface area contributed by atoms with Crippen LogP contribution >= 0.6 is 0 Å². The Morgan fingerprint density at radius 2 is 2.21 bits per heavy atom. The van der Waals surface area contributed by atoms with Gasteiger partial charge in [0.1, 0.15) is 5.56 Å². The second-order valence-corrected chi connectivity index (χ2v) is 2.75. The fourth-order valence-electron chi connectivity index (χ4n) is 1.07. The van der Waals surface area contributed by atoms with E-state index in [2.05, 4.69) is 0 Å². The summed E-state index contributed by atoms with van der Waals surface area (Å²) in [6.45, 7) is 1.73. The van der Waals surface area contributed by atoms with Crippen LogP contribution in [0.1, 0.15) is 15.9 Å². The minimum Gasteiger partial charge on any atom is -0.290 e. The molecule has 0 heterocycles. The molecule has 0 saturated heterocycles. The average molecular weight is 195 g/mol. The summed E-state index contributed by atoms with van der Waals surface area (Å²) in [6.07, 6.45) is 0. The average Bonchev–Trinajstić information content (AvgIpc) is 2.16. The molecule has 0 aliphatic carbocycles. The highest BCUT2D eigenvalue weighted by Gasteiger charge is 2.18. The molecule has 74 valence electrons. The Bertz CT molecular complexity index is 389. The molecule has 0 atom stereocenters. The van der Waals surface area contributed by atoms with Gasteiger partial charge >= 0.3 is 0 Å². The first-order chi connectivity index (χ1) is 6.56. The van der Waals surface area contributed by atoms with Crippen LogP contribution in [0.4, 0.5) is 5.69 Å². The summed E-state index contributed by atoms with van der Waals surface area (Å²) in [6, 6.07) is 4.26. The number of aryl methyl sites for hydroxylation is 1. The first kappa shape index (κ1) is 10.1. The molecular formula is C8H9N3O3. The Hall–Kier alpha value is -1.95. The number of carbonyl (C=O) groups excluding carboxylic acids is 1. The van der Waals surface area contributed by atoms with Crippen molar-refractivity contribution in [2.24, 2.45) is 5.84 Å². The number of hydrazine groups is 1. The SMILES string of the molecule is Cc1ccc([N+](=O)[O-])c(C(=O)NN)c1. The Labute approximate surface area is 79.8 Å². The monoisotopic (exact) mass is 195 g/mol. The third-order valence-corrected chi connectivity index (χ3v) is 1.72. The maximum Gasteiger partial charge on any atom is 0.282 e. The van der Waals surface area contributed by atoms with Crippen LogP contribution in [0, 0.1) is 17.0 Å². The summed E-state index contributed by atoms with van der Waals surface area (Å²) >= 11 is 0. The van der Waals surface area contributed by atoms with Crippen LogP contribution in [0.2, 0.25) is 0 Å². The summed E-state index contributed by atoms with van der Waals surface area (Å²) < 4.78 is 0. The van der Waals surface area contributed by atoms with Crippen molar-refractivity contribution >= 4 is 11.6 Å². The van der Waals surface area contributed by atoms with Gasteiger partial charge in [0.25, 0.3) is 11.6 Å². The van der Waals surface area contributed by atoms with Gasteiger partial charge in [0.05, 0.1) is 4.92 Å². The molecule has 0 aliphatic rings. The molecule has 3 N–H and O–H groups in total. The van der Waals surface area contributed by atoms with E-state index in [9.17, 15) is 14.9 Å². The number of rotatable bonds is 2. The molecule has 6 nitrogen and oxygen atoms in total. The predicted octanol–water partition coefficient (Wildman–Crippen LogP) is 0.507. The lowest BCUT2D eigenvalue weighted by Gasteiger charge is -2.01. The fraction of sp³-hybridized carbons (Fsp3) is 0.125. The van der Waals surface area contributed by atoms with Gasteiger partial charge < -0.3 is 0 Å². The molecule has 0 aliphatic heterocycles. The van der Waals surface area contributed by atoms with E-state index in [1.165, 1.54) is 12.1 Å². The van der Waals surface area contributed by atoms with E-state index >= 15 is 0 Å². The van der Waals surface area contributed by atoms with Gasteiger partial charge in [0.2, 0.25) is 0 Å². The van der Waals surface area contributed by atoms with Crippen molar-refractivity contribution in [1.82, 2.24) is 5.43 Å². The lowest BCUT2D eigenvalue weighted by molar-refractivity contribution is -0.385. The standard InChI is InChI=1S/C8H9N3O3/c1-5-2-3-7(11(13)14)6(4-5)8(12)10-9/h2-4H,9H2,1H3,(H,10,12). The highest BCUT2D eigenvalue weighted by Crippen LogP contribution is 2.19. The molecule has 0 radical (unpaired) electrons. The number of nitro benzene ring substituents is 1. The summed E-state index contributed by atoms with van der Waals surface area (Å²) in [4.78, 5) is 21.1. The minimum atomic E-state index is -0.666.